The van der Waals surface area contributed by atoms with E-state index in [1.54, 1.807) is 12.1 Å². The lowest BCUT2D eigenvalue weighted by atomic mass is 10.0. The first-order chi connectivity index (χ1) is 6.15. The van der Waals surface area contributed by atoms with Crippen molar-refractivity contribution in [2.75, 3.05) is 0 Å². The fourth-order valence-electron chi connectivity index (χ4n) is 1.14. The lowest BCUT2D eigenvalue weighted by Gasteiger charge is -2.03. The largest absolute Gasteiger partial charge is 0.300 e. The van der Waals surface area contributed by atoms with E-state index >= 15 is 0 Å². The van der Waals surface area contributed by atoms with Crippen molar-refractivity contribution in [3.8, 4) is 0 Å². The van der Waals surface area contributed by atoms with Crippen molar-refractivity contribution in [3.05, 3.63) is 33.8 Å². The molecular weight excluding hydrogens is 232 g/mol. The van der Waals surface area contributed by atoms with Crippen LogP contribution in [0.3, 0.4) is 0 Å². The zero-order valence-electron chi connectivity index (χ0n) is 7.21. The van der Waals surface area contributed by atoms with Crippen LogP contribution in [0.1, 0.15) is 22.8 Å². The second-order valence-electron chi connectivity index (χ2n) is 2.81. The molecule has 0 unspecified atom stereocenters. The number of benzene rings is 1. The third kappa shape index (κ3) is 2.49. The number of hydrogen-bond acceptors (Lipinski definition) is 2. The Morgan fingerprint density at radius 2 is 2.23 bits per heavy atom. The molecule has 0 N–H and O–H groups in total. The van der Waals surface area contributed by atoms with Gasteiger partial charge < -0.3 is 0 Å². The summed E-state index contributed by atoms with van der Waals surface area (Å²) in [7, 11) is 0. The minimum atomic E-state index is 0.0567. The van der Waals surface area contributed by atoms with Gasteiger partial charge in [0.1, 0.15) is 5.78 Å². The van der Waals surface area contributed by atoms with E-state index in [0.717, 1.165) is 16.3 Å². The first kappa shape index (κ1) is 10.1. The molecule has 0 spiro atoms. The summed E-state index contributed by atoms with van der Waals surface area (Å²) in [6.45, 7) is 1.51. The summed E-state index contributed by atoms with van der Waals surface area (Å²) in [5, 5.41) is 0. The van der Waals surface area contributed by atoms with Gasteiger partial charge in [-0.3, -0.25) is 9.59 Å². The molecule has 0 aromatic heterocycles. The van der Waals surface area contributed by atoms with E-state index in [2.05, 4.69) is 15.9 Å². The zero-order chi connectivity index (χ0) is 9.84. The molecule has 0 fully saturated rings. The fourth-order valence-corrected chi connectivity index (χ4v) is 1.64. The van der Waals surface area contributed by atoms with Gasteiger partial charge in [-0.05, 0) is 18.6 Å². The summed E-state index contributed by atoms with van der Waals surface area (Å²) in [4.78, 5) is 21.5. The minimum Gasteiger partial charge on any atom is -0.300 e. The Morgan fingerprint density at radius 3 is 2.77 bits per heavy atom. The van der Waals surface area contributed by atoms with Crippen LogP contribution in [-0.2, 0) is 11.2 Å². The number of Topliss-reactive ketones (excluding diaryl/α,β-unsaturated/α-hetero) is 1. The summed E-state index contributed by atoms with van der Waals surface area (Å²) in [5.41, 5.74) is 1.34. The Kier molecular flexibility index (Phi) is 3.37. The summed E-state index contributed by atoms with van der Waals surface area (Å²) in [6.07, 6.45) is 1.08. The van der Waals surface area contributed by atoms with Crippen LogP contribution in [0.4, 0.5) is 0 Å². The van der Waals surface area contributed by atoms with E-state index in [4.69, 9.17) is 0 Å². The second-order valence-corrected chi connectivity index (χ2v) is 3.66. The molecule has 0 amide bonds. The van der Waals surface area contributed by atoms with Gasteiger partial charge in [-0.1, -0.05) is 28.1 Å². The molecule has 1 aromatic rings. The third-order valence-electron chi connectivity index (χ3n) is 1.70. The van der Waals surface area contributed by atoms with E-state index in [1.807, 2.05) is 6.07 Å². The topological polar surface area (TPSA) is 34.1 Å². The molecule has 1 aromatic carbocycles. The van der Waals surface area contributed by atoms with Crippen molar-refractivity contribution in [2.45, 2.75) is 13.3 Å². The molecule has 0 radical (unpaired) electrons. The average molecular weight is 241 g/mol. The van der Waals surface area contributed by atoms with Crippen LogP contribution in [0.25, 0.3) is 0 Å². The number of hydrogen-bond donors (Lipinski definition) is 0. The highest BCUT2D eigenvalue weighted by Gasteiger charge is 2.06. The first-order valence-electron chi connectivity index (χ1n) is 3.87. The molecular formula is C10H9BrO2. The van der Waals surface area contributed by atoms with Gasteiger partial charge in [0, 0.05) is 16.5 Å². The highest BCUT2D eigenvalue weighted by atomic mass is 79.9. The Bertz CT molecular complexity index is 345. The molecule has 0 atom stereocenters. The van der Waals surface area contributed by atoms with Gasteiger partial charge in [-0.2, -0.15) is 0 Å². The SMILES string of the molecule is CC(=O)Cc1cccc(Br)c1C=O. The predicted molar refractivity (Wildman–Crippen MR) is 53.9 cm³/mol. The van der Waals surface area contributed by atoms with Gasteiger partial charge in [0.05, 0.1) is 0 Å². The minimum absolute atomic E-state index is 0.0567. The van der Waals surface area contributed by atoms with E-state index in [-0.39, 0.29) is 5.78 Å². The quantitative estimate of drug-likeness (QED) is 0.761. The molecule has 0 aliphatic carbocycles. The molecule has 0 saturated carbocycles. The van der Waals surface area contributed by atoms with Crippen molar-refractivity contribution in [1.29, 1.82) is 0 Å². The molecule has 0 saturated heterocycles. The highest BCUT2D eigenvalue weighted by Crippen LogP contribution is 2.19. The fraction of sp³-hybridized carbons (Fsp3) is 0.200. The van der Waals surface area contributed by atoms with Gasteiger partial charge in [-0.25, -0.2) is 0 Å². The predicted octanol–water partition coefficient (Wildman–Crippen LogP) is 2.39. The number of rotatable bonds is 3. The lowest BCUT2D eigenvalue weighted by molar-refractivity contribution is -0.116. The third-order valence-corrected chi connectivity index (χ3v) is 2.39. The smallest absolute Gasteiger partial charge is 0.151 e. The van der Waals surface area contributed by atoms with Gasteiger partial charge in [0.2, 0.25) is 0 Å². The van der Waals surface area contributed by atoms with Crippen LogP contribution >= 0.6 is 15.9 Å². The van der Waals surface area contributed by atoms with Crippen LogP contribution < -0.4 is 0 Å². The zero-order valence-corrected chi connectivity index (χ0v) is 8.80. The van der Waals surface area contributed by atoms with Crippen LogP contribution in [0.5, 0.6) is 0 Å². The summed E-state index contributed by atoms with van der Waals surface area (Å²) >= 11 is 3.25. The number of carbonyl (C=O) groups is 2. The highest BCUT2D eigenvalue weighted by molar-refractivity contribution is 9.10. The molecule has 0 heterocycles. The summed E-state index contributed by atoms with van der Waals surface area (Å²) < 4.78 is 0.737. The Balaban J connectivity index is 3.12. The molecule has 0 bridgehead atoms. The molecule has 13 heavy (non-hydrogen) atoms. The average Bonchev–Trinajstić information content (AvgIpc) is 2.03. The molecule has 2 nitrogen and oxygen atoms in total. The van der Waals surface area contributed by atoms with E-state index in [0.29, 0.717) is 12.0 Å². The first-order valence-corrected chi connectivity index (χ1v) is 4.66. The maximum atomic E-state index is 10.9. The van der Waals surface area contributed by atoms with Gasteiger partial charge >= 0.3 is 0 Å². The Morgan fingerprint density at radius 1 is 1.54 bits per heavy atom. The summed E-state index contributed by atoms with van der Waals surface area (Å²) in [5.74, 6) is 0.0567. The van der Waals surface area contributed by atoms with Gasteiger partial charge in [0.25, 0.3) is 0 Å². The van der Waals surface area contributed by atoms with Crippen molar-refractivity contribution in [3.63, 3.8) is 0 Å². The van der Waals surface area contributed by atoms with Crippen LogP contribution in [-0.4, -0.2) is 12.1 Å². The normalized spacial score (nSPS) is 9.69. The monoisotopic (exact) mass is 240 g/mol. The van der Waals surface area contributed by atoms with E-state index in [9.17, 15) is 9.59 Å². The molecule has 68 valence electrons. The standard InChI is InChI=1S/C10H9BrO2/c1-7(13)5-8-3-2-4-10(11)9(8)6-12/h2-4,6H,5H2,1H3. The summed E-state index contributed by atoms with van der Waals surface area (Å²) in [6, 6.07) is 5.39. The Labute approximate surface area is 85.1 Å². The Hall–Kier alpha value is -0.960. The number of carbonyl (C=O) groups excluding carboxylic acids is 2. The van der Waals surface area contributed by atoms with Crippen LogP contribution in [0.15, 0.2) is 22.7 Å². The van der Waals surface area contributed by atoms with Crippen molar-refractivity contribution in [1.82, 2.24) is 0 Å². The molecule has 1 rings (SSSR count). The van der Waals surface area contributed by atoms with E-state index < -0.39 is 0 Å². The molecule has 3 heteroatoms. The maximum Gasteiger partial charge on any atom is 0.151 e. The molecule has 0 aliphatic heterocycles. The van der Waals surface area contributed by atoms with Crippen LogP contribution in [0, 0.1) is 0 Å². The molecule has 0 aliphatic rings. The van der Waals surface area contributed by atoms with Crippen molar-refractivity contribution in [2.24, 2.45) is 0 Å². The number of ketones is 1. The van der Waals surface area contributed by atoms with Crippen molar-refractivity contribution < 1.29 is 9.59 Å². The van der Waals surface area contributed by atoms with Crippen molar-refractivity contribution >= 4 is 28.0 Å². The maximum absolute atomic E-state index is 10.9. The van der Waals surface area contributed by atoms with Gasteiger partial charge in [0.15, 0.2) is 6.29 Å². The second kappa shape index (κ2) is 4.33. The van der Waals surface area contributed by atoms with Gasteiger partial charge in [-0.15, -0.1) is 0 Å². The number of aldehydes is 1. The lowest BCUT2D eigenvalue weighted by Crippen LogP contribution is -2.00. The van der Waals surface area contributed by atoms with E-state index in [1.165, 1.54) is 6.92 Å². The van der Waals surface area contributed by atoms with Crippen LogP contribution in [0.2, 0.25) is 0 Å². The number of halogens is 1.